The Bertz CT molecular complexity index is 1370. The molecule has 0 bridgehead atoms. The molecule has 0 aliphatic carbocycles. The number of unbranched alkanes of at least 4 members (excludes halogenated alkanes) is 1. The number of amides is 2. The summed E-state index contributed by atoms with van der Waals surface area (Å²) in [6.45, 7) is 2.06. The topological polar surface area (TPSA) is 86.8 Å². The number of carbonyl (C=O) groups excluding carboxylic acids is 2. The molecule has 1 atom stereocenters. The van der Waals surface area contributed by atoms with E-state index in [1.807, 2.05) is 43.3 Å². The molecule has 0 spiro atoms. The van der Waals surface area contributed by atoms with Crippen molar-refractivity contribution in [3.05, 3.63) is 99.5 Å². The fraction of sp³-hybridized carbons (Fsp3) is 0.310. The molecule has 208 valence electrons. The Morgan fingerprint density at radius 1 is 1.00 bits per heavy atom. The Morgan fingerprint density at radius 2 is 1.69 bits per heavy atom. The summed E-state index contributed by atoms with van der Waals surface area (Å²) < 4.78 is 27.4. The summed E-state index contributed by atoms with van der Waals surface area (Å²) in [7, 11) is -3.83. The first-order valence-electron chi connectivity index (χ1n) is 12.7. The van der Waals surface area contributed by atoms with E-state index in [1.54, 1.807) is 42.5 Å². The highest BCUT2D eigenvalue weighted by Crippen LogP contribution is 2.24. The Kier molecular flexibility index (Phi) is 11.4. The minimum Gasteiger partial charge on any atom is -0.354 e. The zero-order valence-corrected chi connectivity index (χ0v) is 25.2. The minimum atomic E-state index is -3.83. The maximum Gasteiger partial charge on any atom is 0.244 e. The standard InChI is InChI=1S/C29H33BrClN3O4S/c1-3-4-17-32-29(36)27(18-22-11-6-5-7-12-22)33(20-23-13-8-9-16-26(23)31)28(35)21-34(39(2,37)38)25-15-10-14-24(30)19-25/h5-16,19,27H,3-4,17-18,20-21H2,1-2H3,(H,32,36)/t27-/m1/s1. The van der Waals surface area contributed by atoms with Crippen LogP contribution in [0.15, 0.2) is 83.3 Å². The number of hydrogen-bond acceptors (Lipinski definition) is 4. The zero-order chi connectivity index (χ0) is 28.4. The van der Waals surface area contributed by atoms with Crippen LogP contribution in [0.5, 0.6) is 0 Å². The van der Waals surface area contributed by atoms with Crippen LogP contribution in [0.4, 0.5) is 5.69 Å². The van der Waals surface area contributed by atoms with Gasteiger partial charge in [0, 0.05) is 29.0 Å². The zero-order valence-electron chi connectivity index (χ0n) is 22.0. The molecule has 3 aromatic carbocycles. The monoisotopic (exact) mass is 633 g/mol. The molecule has 0 saturated heterocycles. The Morgan fingerprint density at radius 3 is 2.33 bits per heavy atom. The fourth-order valence-corrected chi connectivity index (χ4v) is 5.54. The number of nitrogens with zero attached hydrogens (tertiary/aromatic N) is 2. The molecule has 0 aliphatic heterocycles. The molecular formula is C29H33BrClN3O4S. The number of carbonyl (C=O) groups is 2. The van der Waals surface area contributed by atoms with Gasteiger partial charge in [0.15, 0.2) is 0 Å². The number of benzene rings is 3. The molecule has 0 aromatic heterocycles. The van der Waals surface area contributed by atoms with E-state index in [2.05, 4.69) is 21.2 Å². The van der Waals surface area contributed by atoms with Crippen molar-refractivity contribution in [3.8, 4) is 0 Å². The Labute approximate surface area is 244 Å². The quantitative estimate of drug-likeness (QED) is 0.254. The highest BCUT2D eigenvalue weighted by molar-refractivity contribution is 9.10. The van der Waals surface area contributed by atoms with Crippen LogP contribution < -0.4 is 9.62 Å². The van der Waals surface area contributed by atoms with Gasteiger partial charge in [0.2, 0.25) is 21.8 Å². The van der Waals surface area contributed by atoms with Crippen LogP contribution >= 0.6 is 27.5 Å². The van der Waals surface area contributed by atoms with Gasteiger partial charge in [-0.25, -0.2) is 8.42 Å². The average Bonchev–Trinajstić information content (AvgIpc) is 2.90. The molecule has 7 nitrogen and oxygen atoms in total. The summed E-state index contributed by atoms with van der Waals surface area (Å²) in [6.07, 6.45) is 3.01. The van der Waals surface area contributed by atoms with Crippen molar-refractivity contribution in [3.63, 3.8) is 0 Å². The second-order valence-electron chi connectivity index (χ2n) is 9.21. The van der Waals surface area contributed by atoms with Gasteiger partial charge in [0.25, 0.3) is 0 Å². The highest BCUT2D eigenvalue weighted by Gasteiger charge is 2.33. The summed E-state index contributed by atoms with van der Waals surface area (Å²) in [4.78, 5) is 29.0. The van der Waals surface area contributed by atoms with E-state index in [-0.39, 0.29) is 18.9 Å². The van der Waals surface area contributed by atoms with Crippen molar-refractivity contribution >= 4 is 55.1 Å². The number of sulfonamides is 1. The van der Waals surface area contributed by atoms with Crippen LogP contribution in [0.25, 0.3) is 0 Å². The smallest absolute Gasteiger partial charge is 0.244 e. The van der Waals surface area contributed by atoms with Gasteiger partial charge in [-0.15, -0.1) is 0 Å². The van der Waals surface area contributed by atoms with Crippen molar-refractivity contribution in [2.24, 2.45) is 0 Å². The van der Waals surface area contributed by atoms with Crippen molar-refractivity contribution in [1.82, 2.24) is 10.2 Å². The van der Waals surface area contributed by atoms with Crippen molar-refractivity contribution in [1.29, 1.82) is 0 Å². The molecule has 10 heteroatoms. The number of rotatable bonds is 13. The van der Waals surface area contributed by atoms with Crippen LogP contribution in [-0.2, 0) is 32.6 Å². The second kappa shape index (κ2) is 14.5. The molecule has 0 heterocycles. The fourth-order valence-electron chi connectivity index (χ4n) is 4.12. The van der Waals surface area contributed by atoms with E-state index in [9.17, 15) is 18.0 Å². The lowest BCUT2D eigenvalue weighted by Gasteiger charge is -2.33. The molecule has 39 heavy (non-hydrogen) atoms. The molecule has 2 amide bonds. The van der Waals surface area contributed by atoms with Crippen molar-refractivity contribution in [2.75, 3.05) is 23.7 Å². The Hall–Kier alpha value is -2.88. The van der Waals surface area contributed by atoms with Crippen LogP contribution in [0.1, 0.15) is 30.9 Å². The number of hydrogen-bond donors (Lipinski definition) is 1. The van der Waals surface area contributed by atoms with Crippen LogP contribution in [0.3, 0.4) is 0 Å². The van der Waals surface area contributed by atoms with Gasteiger partial charge in [0.1, 0.15) is 12.6 Å². The molecule has 0 aliphatic rings. The number of nitrogens with one attached hydrogen (secondary N) is 1. The van der Waals surface area contributed by atoms with Gasteiger partial charge in [-0.2, -0.15) is 0 Å². The number of halogens is 2. The maximum absolute atomic E-state index is 14.0. The van der Waals surface area contributed by atoms with Gasteiger partial charge in [-0.1, -0.05) is 95.5 Å². The molecule has 0 fully saturated rings. The highest BCUT2D eigenvalue weighted by atomic mass is 79.9. The Balaban J connectivity index is 2.04. The summed E-state index contributed by atoms with van der Waals surface area (Å²) in [5, 5.41) is 3.41. The molecule has 0 radical (unpaired) electrons. The first kappa shape index (κ1) is 30.7. The van der Waals surface area contributed by atoms with Gasteiger partial charge in [-0.05, 0) is 41.8 Å². The van der Waals surface area contributed by atoms with Crippen molar-refractivity contribution in [2.45, 2.75) is 38.8 Å². The van der Waals surface area contributed by atoms with E-state index < -0.39 is 28.5 Å². The SMILES string of the molecule is CCCCNC(=O)[C@@H](Cc1ccccc1)N(Cc1ccccc1Cl)C(=O)CN(c1cccc(Br)c1)S(C)(=O)=O. The summed E-state index contributed by atoms with van der Waals surface area (Å²) in [5.41, 5.74) is 1.86. The summed E-state index contributed by atoms with van der Waals surface area (Å²) in [5.74, 6) is -0.826. The normalized spacial score (nSPS) is 12.0. The molecule has 0 unspecified atom stereocenters. The molecule has 3 aromatic rings. The predicted octanol–water partition coefficient (Wildman–Crippen LogP) is 5.42. The van der Waals surface area contributed by atoms with Gasteiger partial charge in [-0.3, -0.25) is 13.9 Å². The van der Waals surface area contributed by atoms with Gasteiger partial charge in [0.05, 0.1) is 11.9 Å². The third-order valence-corrected chi connectivity index (χ3v) is 8.18. The van der Waals surface area contributed by atoms with Gasteiger partial charge < -0.3 is 10.2 Å². The van der Waals surface area contributed by atoms with E-state index in [4.69, 9.17) is 11.6 Å². The third-order valence-electron chi connectivity index (χ3n) is 6.17. The number of anilines is 1. The molecule has 3 rings (SSSR count). The lowest BCUT2D eigenvalue weighted by molar-refractivity contribution is -0.140. The van der Waals surface area contributed by atoms with Crippen molar-refractivity contribution < 1.29 is 18.0 Å². The van der Waals surface area contributed by atoms with Crippen LogP contribution in [0.2, 0.25) is 5.02 Å². The molecule has 1 N–H and O–H groups in total. The van der Waals surface area contributed by atoms with Crippen LogP contribution in [0, 0.1) is 0 Å². The second-order valence-corrected chi connectivity index (χ2v) is 12.4. The molecule has 0 saturated carbocycles. The van der Waals surface area contributed by atoms with E-state index in [0.717, 1.165) is 29.0 Å². The van der Waals surface area contributed by atoms with E-state index >= 15 is 0 Å². The summed E-state index contributed by atoms with van der Waals surface area (Å²) in [6, 6.07) is 22.4. The minimum absolute atomic E-state index is 0.0350. The first-order chi connectivity index (χ1) is 18.6. The first-order valence-corrected chi connectivity index (χ1v) is 15.7. The van der Waals surface area contributed by atoms with E-state index in [0.29, 0.717) is 27.3 Å². The summed E-state index contributed by atoms with van der Waals surface area (Å²) >= 11 is 9.83. The largest absolute Gasteiger partial charge is 0.354 e. The predicted molar refractivity (Wildman–Crippen MR) is 160 cm³/mol. The van der Waals surface area contributed by atoms with Crippen LogP contribution in [-0.4, -0.2) is 50.5 Å². The lowest BCUT2D eigenvalue weighted by atomic mass is 10.0. The lowest BCUT2D eigenvalue weighted by Crippen LogP contribution is -2.53. The van der Waals surface area contributed by atoms with E-state index in [1.165, 1.54) is 4.90 Å². The maximum atomic E-state index is 14.0. The third kappa shape index (κ3) is 9.08. The average molecular weight is 635 g/mol. The van der Waals surface area contributed by atoms with Gasteiger partial charge >= 0.3 is 0 Å². The molecular weight excluding hydrogens is 602 g/mol.